The molecule has 0 radical (unpaired) electrons. The van der Waals surface area contributed by atoms with Gasteiger partial charge >= 0.3 is 5.97 Å². The van der Waals surface area contributed by atoms with Crippen molar-refractivity contribution in [3.63, 3.8) is 0 Å². The lowest BCUT2D eigenvalue weighted by Gasteiger charge is -2.25. The second-order valence-corrected chi connectivity index (χ2v) is 5.98. The first kappa shape index (κ1) is 18.2. The molecule has 0 aliphatic heterocycles. The minimum atomic E-state index is -0.437. The smallest absolute Gasteiger partial charge is 0.325 e. The topological polar surface area (TPSA) is 75.7 Å². The average Bonchev–Trinajstić information content (AvgIpc) is 3.02. The number of amides is 2. The van der Waals surface area contributed by atoms with Gasteiger partial charge in [0.1, 0.15) is 6.54 Å². The molecule has 0 unspecified atom stereocenters. The normalized spacial score (nSPS) is 10.4. The molecule has 2 amide bonds. The molecule has 0 saturated heterocycles. The molecule has 0 spiro atoms. The lowest BCUT2D eigenvalue weighted by Crippen LogP contribution is -2.41. The lowest BCUT2D eigenvalue weighted by atomic mass is 10.2. The first-order chi connectivity index (χ1) is 10.5. The Morgan fingerprint density at radius 1 is 1.36 bits per heavy atom. The second kappa shape index (κ2) is 9.19. The molecule has 0 fully saturated rings. The van der Waals surface area contributed by atoms with E-state index in [-0.39, 0.29) is 30.8 Å². The van der Waals surface area contributed by atoms with Crippen molar-refractivity contribution in [2.45, 2.75) is 32.7 Å². The molecule has 0 saturated carbocycles. The number of nitrogens with zero attached hydrogens (tertiary/aromatic N) is 1. The van der Waals surface area contributed by atoms with Crippen molar-refractivity contribution in [3.8, 4) is 0 Å². The van der Waals surface area contributed by atoms with Gasteiger partial charge in [0, 0.05) is 19.0 Å². The zero-order valence-electron chi connectivity index (χ0n) is 13.1. The first-order valence-corrected chi connectivity index (χ1v) is 8.01. The highest BCUT2D eigenvalue weighted by atomic mass is 32.1. The Morgan fingerprint density at radius 2 is 2.09 bits per heavy atom. The van der Waals surface area contributed by atoms with E-state index in [1.165, 1.54) is 23.3 Å². The third-order valence-corrected chi connectivity index (χ3v) is 3.94. The van der Waals surface area contributed by atoms with Crippen molar-refractivity contribution >= 4 is 29.1 Å². The van der Waals surface area contributed by atoms with E-state index in [2.05, 4.69) is 10.1 Å². The molecule has 1 aromatic rings. The summed E-state index contributed by atoms with van der Waals surface area (Å²) in [5.74, 6) is -0.684. The van der Waals surface area contributed by atoms with Crippen LogP contribution in [0.2, 0.25) is 0 Å². The predicted molar refractivity (Wildman–Crippen MR) is 84.8 cm³/mol. The summed E-state index contributed by atoms with van der Waals surface area (Å²) >= 11 is 1.37. The number of rotatable bonds is 8. The fourth-order valence-corrected chi connectivity index (χ4v) is 2.48. The van der Waals surface area contributed by atoms with Crippen LogP contribution in [-0.2, 0) is 14.3 Å². The van der Waals surface area contributed by atoms with Gasteiger partial charge in [-0.3, -0.25) is 14.4 Å². The van der Waals surface area contributed by atoms with Gasteiger partial charge in [0.15, 0.2) is 0 Å². The second-order valence-electron chi connectivity index (χ2n) is 5.03. The largest absolute Gasteiger partial charge is 0.468 e. The molecule has 1 heterocycles. The van der Waals surface area contributed by atoms with Crippen molar-refractivity contribution in [1.82, 2.24) is 10.2 Å². The SMILES string of the molecule is COC(=O)CN(C(=O)CCCNC(=O)c1cccs1)C(C)C. The van der Waals surface area contributed by atoms with Gasteiger partial charge in [-0.25, -0.2) is 0 Å². The Hall–Kier alpha value is -1.89. The average molecular weight is 326 g/mol. The number of esters is 1. The number of ether oxygens (including phenoxy) is 1. The van der Waals surface area contributed by atoms with E-state index in [4.69, 9.17) is 0 Å². The van der Waals surface area contributed by atoms with Gasteiger partial charge in [-0.05, 0) is 31.7 Å². The quantitative estimate of drug-likeness (QED) is 0.582. The van der Waals surface area contributed by atoms with Crippen molar-refractivity contribution in [1.29, 1.82) is 0 Å². The zero-order chi connectivity index (χ0) is 16.5. The van der Waals surface area contributed by atoms with E-state index in [0.717, 1.165) is 0 Å². The third kappa shape index (κ3) is 5.85. The van der Waals surface area contributed by atoms with Crippen LogP contribution >= 0.6 is 11.3 Å². The van der Waals surface area contributed by atoms with Gasteiger partial charge in [0.2, 0.25) is 5.91 Å². The fraction of sp³-hybridized carbons (Fsp3) is 0.533. The molecule has 1 N–H and O–H groups in total. The Morgan fingerprint density at radius 3 is 2.64 bits per heavy atom. The van der Waals surface area contributed by atoms with Crippen molar-refractivity contribution in [2.75, 3.05) is 20.2 Å². The molecule has 22 heavy (non-hydrogen) atoms. The lowest BCUT2D eigenvalue weighted by molar-refractivity contribution is -0.148. The predicted octanol–water partition coefficient (Wildman–Crippen LogP) is 1.67. The van der Waals surface area contributed by atoms with Gasteiger partial charge in [0.05, 0.1) is 12.0 Å². The van der Waals surface area contributed by atoms with Gasteiger partial charge in [-0.1, -0.05) is 6.07 Å². The maximum atomic E-state index is 12.1. The Balaban J connectivity index is 2.34. The number of thiophene rings is 1. The van der Waals surface area contributed by atoms with Crippen LogP contribution in [0.5, 0.6) is 0 Å². The van der Waals surface area contributed by atoms with E-state index < -0.39 is 5.97 Å². The van der Waals surface area contributed by atoms with E-state index >= 15 is 0 Å². The van der Waals surface area contributed by atoms with Crippen LogP contribution in [0.4, 0.5) is 0 Å². The van der Waals surface area contributed by atoms with Gasteiger partial charge < -0.3 is 15.0 Å². The molecule has 0 bridgehead atoms. The molecular formula is C15H22N2O4S. The number of methoxy groups -OCH3 is 1. The first-order valence-electron chi connectivity index (χ1n) is 7.13. The molecule has 0 aliphatic rings. The van der Waals surface area contributed by atoms with Crippen LogP contribution in [0, 0.1) is 0 Å². The van der Waals surface area contributed by atoms with E-state index in [1.54, 1.807) is 6.07 Å². The van der Waals surface area contributed by atoms with Crippen LogP contribution in [0.25, 0.3) is 0 Å². The summed E-state index contributed by atoms with van der Waals surface area (Å²) in [4.78, 5) is 37.3. The summed E-state index contributed by atoms with van der Waals surface area (Å²) in [7, 11) is 1.30. The van der Waals surface area contributed by atoms with Crippen LogP contribution in [0.15, 0.2) is 17.5 Å². The zero-order valence-corrected chi connectivity index (χ0v) is 13.9. The maximum Gasteiger partial charge on any atom is 0.325 e. The Labute approximate surface area is 134 Å². The highest BCUT2D eigenvalue weighted by Crippen LogP contribution is 2.08. The van der Waals surface area contributed by atoms with E-state index in [0.29, 0.717) is 17.8 Å². The molecule has 0 aromatic carbocycles. The molecule has 1 rings (SSSR count). The molecule has 122 valence electrons. The van der Waals surface area contributed by atoms with E-state index in [1.807, 2.05) is 25.3 Å². The number of nitrogens with one attached hydrogen (secondary N) is 1. The minimum Gasteiger partial charge on any atom is -0.468 e. The molecule has 6 nitrogen and oxygen atoms in total. The Bertz CT molecular complexity index is 500. The molecule has 1 aromatic heterocycles. The summed E-state index contributed by atoms with van der Waals surface area (Å²) in [6.45, 7) is 4.07. The summed E-state index contributed by atoms with van der Waals surface area (Å²) < 4.78 is 4.59. The van der Waals surface area contributed by atoms with Crippen molar-refractivity contribution < 1.29 is 19.1 Å². The Kier molecular flexibility index (Phi) is 7.59. The van der Waals surface area contributed by atoms with Crippen LogP contribution in [0.3, 0.4) is 0 Å². The summed E-state index contributed by atoms with van der Waals surface area (Å²) in [5.41, 5.74) is 0. The minimum absolute atomic E-state index is 0.0471. The van der Waals surface area contributed by atoms with Crippen LogP contribution < -0.4 is 5.32 Å². The number of hydrogen-bond donors (Lipinski definition) is 1. The maximum absolute atomic E-state index is 12.1. The van der Waals surface area contributed by atoms with Gasteiger partial charge in [-0.2, -0.15) is 0 Å². The van der Waals surface area contributed by atoms with Gasteiger partial charge in [0.25, 0.3) is 5.91 Å². The standard InChI is InChI=1S/C15H22N2O4S/c1-11(2)17(10-14(19)21-3)13(18)7-4-8-16-15(20)12-6-5-9-22-12/h5-6,9,11H,4,7-8,10H2,1-3H3,(H,16,20). The summed E-state index contributed by atoms with van der Waals surface area (Å²) in [5, 5.41) is 4.61. The summed E-state index contributed by atoms with van der Waals surface area (Å²) in [6.07, 6.45) is 0.806. The van der Waals surface area contributed by atoms with E-state index in [9.17, 15) is 14.4 Å². The molecular weight excluding hydrogens is 304 g/mol. The van der Waals surface area contributed by atoms with Crippen LogP contribution in [-0.4, -0.2) is 48.9 Å². The highest BCUT2D eigenvalue weighted by Gasteiger charge is 2.20. The number of carbonyl (C=O) groups is 3. The van der Waals surface area contributed by atoms with Crippen LogP contribution in [0.1, 0.15) is 36.4 Å². The third-order valence-electron chi connectivity index (χ3n) is 3.07. The van der Waals surface area contributed by atoms with Crippen molar-refractivity contribution in [2.24, 2.45) is 0 Å². The van der Waals surface area contributed by atoms with Crippen molar-refractivity contribution in [3.05, 3.63) is 22.4 Å². The molecule has 0 atom stereocenters. The molecule has 7 heteroatoms. The number of hydrogen-bond acceptors (Lipinski definition) is 5. The fourth-order valence-electron chi connectivity index (χ4n) is 1.84. The highest BCUT2D eigenvalue weighted by molar-refractivity contribution is 7.12. The number of carbonyl (C=O) groups excluding carboxylic acids is 3. The summed E-state index contributed by atoms with van der Waals surface area (Å²) in [6, 6.07) is 3.49. The van der Waals surface area contributed by atoms with Gasteiger partial charge in [-0.15, -0.1) is 11.3 Å². The molecule has 0 aliphatic carbocycles. The monoisotopic (exact) mass is 326 g/mol.